The van der Waals surface area contributed by atoms with Crippen LogP contribution in [0.3, 0.4) is 0 Å². The van der Waals surface area contributed by atoms with Crippen molar-refractivity contribution in [2.75, 3.05) is 131 Å². The summed E-state index contributed by atoms with van der Waals surface area (Å²) in [6.07, 6.45) is 4.98. The molecule has 7 saturated carbocycles. The third kappa shape index (κ3) is 25.0. The van der Waals surface area contributed by atoms with Crippen LogP contribution in [0.15, 0.2) is 15.8 Å². The van der Waals surface area contributed by atoms with Gasteiger partial charge in [0.25, 0.3) is 5.56 Å². The summed E-state index contributed by atoms with van der Waals surface area (Å²) in [5, 5.41) is 10.3. The van der Waals surface area contributed by atoms with Crippen molar-refractivity contribution in [3.8, 4) is 11.8 Å². The molecule has 9 rings (SSSR count). The van der Waals surface area contributed by atoms with Crippen molar-refractivity contribution < 1.29 is 75.2 Å². The molecule has 1 aromatic heterocycles. The van der Waals surface area contributed by atoms with Gasteiger partial charge in [-0.05, 0) is 158 Å². The molecule has 8 aliphatic rings. The molecule has 0 spiro atoms. The van der Waals surface area contributed by atoms with Crippen LogP contribution in [0.5, 0.6) is 0 Å². The smallest absolute Gasteiger partial charge is 0.390 e. The molecule has 1 saturated heterocycles. The van der Waals surface area contributed by atoms with Gasteiger partial charge in [-0.2, -0.15) is 8.62 Å². The van der Waals surface area contributed by atoms with E-state index in [1.54, 1.807) is 0 Å². The number of hydrogen-bond acceptors (Lipinski definition) is 18. The molecule has 0 radical (unpaired) electrons. The summed E-state index contributed by atoms with van der Waals surface area (Å²) in [5.74, 6) is 11.8. The normalized spacial score (nSPS) is 27.6. The Morgan fingerprint density at radius 2 is 1.00 bits per heavy atom. The predicted octanol–water partition coefficient (Wildman–Crippen LogP) is 6.80. The second-order valence-electron chi connectivity index (χ2n) is 21.8. The van der Waals surface area contributed by atoms with Crippen LogP contribution in [0.25, 0.3) is 0 Å². The fourth-order valence-electron chi connectivity index (χ4n) is 13.0. The van der Waals surface area contributed by atoms with E-state index in [9.17, 15) is 38.2 Å². The Kier molecular flexibility index (Phi) is 34.5. The van der Waals surface area contributed by atoms with Gasteiger partial charge in [0, 0.05) is 12.6 Å². The van der Waals surface area contributed by atoms with Gasteiger partial charge >= 0.3 is 29.2 Å². The lowest BCUT2D eigenvalue weighted by molar-refractivity contribution is -0.270. The number of rotatable bonds is 31. The first-order chi connectivity index (χ1) is 39.4. The molecule has 83 heavy (non-hydrogen) atoms. The molecule has 5 atom stereocenters. The number of H-pyrrole nitrogens is 1. The predicted molar refractivity (Wildman–Crippen MR) is 320 cm³/mol. The molecule has 0 aromatic carbocycles. The number of aliphatic hydroxyl groups is 1. The monoisotopic (exact) mass is 1240 g/mol. The first-order valence-corrected chi connectivity index (χ1v) is 35.1. The number of aromatic nitrogens is 2. The molecule has 2 heterocycles. The second-order valence-corrected chi connectivity index (χ2v) is 26.2. The van der Waals surface area contributed by atoms with Crippen molar-refractivity contribution in [2.24, 2.45) is 41.4 Å². The van der Waals surface area contributed by atoms with Gasteiger partial charge in [-0.25, -0.2) is 18.5 Å². The van der Waals surface area contributed by atoms with E-state index in [4.69, 9.17) is 33.5 Å². The van der Waals surface area contributed by atoms with Crippen molar-refractivity contribution in [3.05, 3.63) is 32.6 Å². The fraction of sp³-hybridized carbons (Fsp3) is 0.893. The van der Waals surface area contributed by atoms with Crippen LogP contribution in [0.2, 0.25) is 0 Å². The van der Waals surface area contributed by atoms with E-state index in [1.807, 2.05) is 0 Å². The maximum Gasteiger partial charge on any atom is 0.490 e. The van der Waals surface area contributed by atoms with Crippen molar-refractivity contribution in [3.63, 3.8) is 0 Å². The van der Waals surface area contributed by atoms with E-state index in [-0.39, 0.29) is 30.8 Å². The number of phosphoric ester groups is 1. The molecule has 8 fully saturated rings. The molecule has 2 unspecified atom stereocenters. The molecule has 1 aromatic rings. The third-order valence-corrected chi connectivity index (χ3v) is 21.2. The Hall–Kier alpha value is -1.75. The molecule has 1 aliphatic heterocycles. The van der Waals surface area contributed by atoms with E-state index >= 15 is 0 Å². The highest BCUT2D eigenvalue weighted by Gasteiger charge is 2.67. The summed E-state index contributed by atoms with van der Waals surface area (Å²) >= 11 is 0. The van der Waals surface area contributed by atoms with Crippen molar-refractivity contribution in [2.45, 2.75) is 152 Å². The van der Waals surface area contributed by atoms with Gasteiger partial charge in [-0.3, -0.25) is 18.9 Å². The molecular weight excluding hydrogens is 1140 g/mol. The Bertz CT molecular complexity index is 2190. The lowest BCUT2D eigenvalue weighted by atomic mass is 9.35. The third-order valence-electron chi connectivity index (χ3n) is 17.4. The lowest BCUT2D eigenvalue weighted by Crippen LogP contribution is -2.67. The van der Waals surface area contributed by atoms with Gasteiger partial charge in [0.2, 0.25) is 0 Å². The largest absolute Gasteiger partial charge is 0.490 e. The van der Waals surface area contributed by atoms with Crippen LogP contribution in [-0.4, -0.2) is 203 Å². The van der Waals surface area contributed by atoms with Crippen LogP contribution in [0.4, 0.5) is 0 Å². The van der Waals surface area contributed by atoms with Gasteiger partial charge in [0.1, 0.15) is 24.5 Å². The van der Waals surface area contributed by atoms with Gasteiger partial charge < -0.3 is 68.0 Å². The standard InChI is InChI=1S/C32H47N2O18P3.4C6H15N/c35-27-13-29(50-28(27)18-49-54(41,42)52-55(43,44)51-53(38,39)40)34-17-20(30(36)33-31(34)37)2-1-3-45-4-5-46-6-7-47-8-9-48-32-14-24-21-10-19-11-22(24)26(16-32)23(12-19)25(21)15-32;4*1-4-7(5-2)6-3/h17,19,21-29,35H,3-16,18H2,(H,41,42)(H,43,44)(H,33,36,37)(H2,38,39,40);4*4-6H2,1-3H3/t19?,21?,22?,23?,24?,25?,26?,27-,28+,29+,32?;;;;/m0..../s1. The highest BCUT2D eigenvalue weighted by atomic mass is 31.3. The minimum atomic E-state index is -5.74. The van der Waals surface area contributed by atoms with Crippen LogP contribution < -0.4 is 11.2 Å². The number of phosphoric acid groups is 3. The SMILES string of the molecule is CCN(CC)CC.CCN(CC)CC.CCN(CC)CC.CCN(CC)CC.O=c1[nH]c(=O)n([C@H]2C[C@H](O)[C@@H](COP(=O)(O)OP(=O)(O)OP(=O)(O)O)O2)cc1C#CCOCCOCCOCCOC12CC3C4CC5CC3C(C1)C(C5)C4C2. The van der Waals surface area contributed by atoms with Crippen molar-refractivity contribution in [1.29, 1.82) is 0 Å². The highest BCUT2D eigenvalue weighted by Crippen LogP contribution is 2.72. The first kappa shape index (κ1) is 75.5. The van der Waals surface area contributed by atoms with Crippen molar-refractivity contribution >= 4 is 23.5 Å². The number of ether oxygens (including phenoxy) is 5. The van der Waals surface area contributed by atoms with E-state index in [2.05, 4.69) is 133 Å². The zero-order chi connectivity index (χ0) is 62.0. The lowest BCUT2D eigenvalue weighted by Gasteiger charge is -2.72. The molecule has 0 amide bonds. The van der Waals surface area contributed by atoms with E-state index in [0.29, 0.717) is 33.0 Å². The number of hydrogen-bond donors (Lipinski definition) is 6. The Morgan fingerprint density at radius 3 is 1.40 bits per heavy atom. The van der Waals surface area contributed by atoms with Crippen LogP contribution in [-0.2, 0) is 50.5 Å². The molecule has 8 bridgehead atoms. The first-order valence-electron chi connectivity index (χ1n) is 30.6. The summed E-state index contributed by atoms with van der Waals surface area (Å²) in [6, 6.07) is 0. The van der Waals surface area contributed by atoms with Crippen LogP contribution in [0, 0.1) is 53.3 Å². The molecule has 6 N–H and O–H groups in total. The maximum absolute atomic E-state index is 12.5. The van der Waals surface area contributed by atoms with Gasteiger partial charge in [0.15, 0.2) is 0 Å². The zero-order valence-electron chi connectivity index (χ0n) is 52.1. The molecule has 27 heteroatoms. The topological polar surface area (TPSA) is 294 Å². The Balaban J connectivity index is 0.000000530. The molecular formula is C56H107N6O18P3. The zero-order valence-corrected chi connectivity index (χ0v) is 54.7. The number of nitrogens with one attached hydrogen (secondary N) is 1. The van der Waals surface area contributed by atoms with E-state index in [0.717, 1.165) is 52.2 Å². The summed E-state index contributed by atoms with van der Waals surface area (Å²) < 4.78 is 75.8. The highest BCUT2D eigenvalue weighted by molar-refractivity contribution is 7.66. The quantitative estimate of drug-likeness (QED) is 0.0253. The minimum Gasteiger partial charge on any atom is -0.390 e. The van der Waals surface area contributed by atoms with E-state index in [1.165, 1.54) is 117 Å². The molecule has 24 nitrogen and oxygen atoms in total. The molecule has 484 valence electrons. The number of nitrogens with zero attached hydrogens (tertiary/aromatic N) is 5. The maximum atomic E-state index is 12.5. The Labute approximate surface area is 495 Å². The summed E-state index contributed by atoms with van der Waals surface area (Å²) in [5.41, 5.74) is -1.76. The average molecular weight is 1250 g/mol. The summed E-state index contributed by atoms with van der Waals surface area (Å²) in [7, 11) is -16.8. The molecule has 7 aliphatic carbocycles. The minimum absolute atomic E-state index is 0.0514. The van der Waals surface area contributed by atoms with Crippen molar-refractivity contribution in [1.82, 2.24) is 29.2 Å². The van der Waals surface area contributed by atoms with Gasteiger partial charge in [0.05, 0.1) is 58.0 Å². The van der Waals surface area contributed by atoms with E-state index < -0.39 is 59.8 Å². The average Bonchev–Trinajstić information content (AvgIpc) is 1.40. The second kappa shape index (κ2) is 37.9. The number of aromatic amines is 1. The van der Waals surface area contributed by atoms with Gasteiger partial charge in [-0.1, -0.05) is 94.9 Å². The van der Waals surface area contributed by atoms with Gasteiger partial charge in [-0.15, -0.1) is 0 Å². The summed E-state index contributed by atoms with van der Waals surface area (Å²) in [6.45, 7) is 42.0. The number of aliphatic hydroxyl groups excluding tert-OH is 1. The van der Waals surface area contributed by atoms with Crippen LogP contribution >= 0.6 is 23.5 Å². The Morgan fingerprint density at radius 1 is 0.590 bits per heavy atom. The fourth-order valence-corrected chi connectivity index (χ4v) is 16.0. The summed E-state index contributed by atoms with van der Waals surface area (Å²) in [4.78, 5) is 72.6. The van der Waals surface area contributed by atoms with Crippen LogP contribution in [0.1, 0.15) is 140 Å².